The maximum absolute atomic E-state index is 13.9. The van der Waals surface area contributed by atoms with Crippen LogP contribution in [0.2, 0.25) is 0 Å². The summed E-state index contributed by atoms with van der Waals surface area (Å²) in [6, 6.07) is 20.7. The Bertz CT molecular complexity index is 1410. The molecule has 0 radical (unpaired) electrons. The molecule has 0 bridgehead atoms. The van der Waals surface area contributed by atoms with Crippen LogP contribution in [-0.2, 0) is 32.6 Å². The van der Waals surface area contributed by atoms with E-state index in [1.807, 2.05) is 74.5 Å². The first-order valence-electron chi connectivity index (χ1n) is 13.6. The molecule has 0 aromatic heterocycles. The number of hydrogen-bond acceptors (Lipinski definition) is 4. The Balaban J connectivity index is 1.87. The van der Waals surface area contributed by atoms with Gasteiger partial charge in [0.15, 0.2) is 11.6 Å². The highest BCUT2D eigenvalue weighted by molar-refractivity contribution is 7.92. The Morgan fingerprint density at radius 3 is 2.07 bits per heavy atom. The summed E-state index contributed by atoms with van der Waals surface area (Å²) in [5.41, 5.74) is 1.70. The molecule has 0 unspecified atom stereocenters. The quantitative estimate of drug-likeness (QED) is 0.286. The first kappa shape index (κ1) is 31.7. The van der Waals surface area contributed by atoms with Crippen LogP contribution in [0.15, 0.2) is 78.9 Å². The van der Waals surface area contributed by atoms with Gasteiger partial charge in [0.2, 0.25) is 21.8 Å². The van der Waals surface area contributed by atoms with E-state index >= 15 is 0 Å². The average molecular weight is 586 g/mol. The molecule has 0 spiro atoms. The van der Waals surface area contributed by atoms with Crippen molar-refractivity contribution in [3.63, 3.8) is 0 Å². The Kier molecular flexibility index (Phi) is 11.4. The Hall–Kier alpha value is -3.79. The zero-order chi connectivity index (χ0) is 30.0. The Labute approximate surface area is 241 Å². The number of hydrogen-bond donors (Lipinski definition) is 1. The summed E-state index contributed by atoms with van der Waals surface area (Å²) in [5.74, 6) is -2.86. The first-order valence-corrected chi connectivity index (χ1v) is 15.4. The molecule has 220 valence electrons. The molecule has 41 heavy (non-hydrogen) atoms. The number of nitrogens with zero attached hydrogens (tertiary/aromatic N) is 2. The van der Waals surface area contributed by atoms with Crippen molar-refractivity contribution in [2.24, 2.45) is 0 Å². The largest absolute Gasteiger partial charge is 0.352 e. The lowest BCUT2D eigenvalue weighted by Crippen LogP contribution is -2.52. The minimum absolute atomic E-state index is 0.0325. The van der Waals surface area contributed by atoms with Crippen molar-refractivity contribution >= 4 is 27.5 Å². The Morgan fingerprint density at radius 2 is 1.51 bits per heavy atom. The van der Waals surface area contributed by atoms with Crippen molar-refractivity contribution in [3.8, 4) is 0 Å². The molecule has 0 saturated carbocycles. The van der Waals surface area contributed by atoms with Gasteiger partial charge in [0, 0.05) is 38.0 Å². The summed E-state index contributed by atoms with van der Waals surface area (Å²) in [6.07, 6.45) is 2.02. The summed E-state index contributed by atoms with van der Waals surface area (Å²) in [5, 5.41) is 3.01. The molecule has 3 aromatic rings. The number of sulfonamides is 1. The maximum atomic E-state index is 13.9. The van der Waals surface area contributed by atoms with Crippen LogP contribution in [0.4, 0.5) is 14.5 Å². The zero-order valence-corrected chi connectivity index (χ0v) is 24.4. The highest BCUT2D eigenvalue weighted by Crippen LogP contribution is 2.22. The van der Waals surface area contributed by atoms with E-state index in [4.69, 9.17) is 0 Å². The number of nitrogens with one attached hydrogen (secondary N) is 1. The van der Waals surface area contributed by atoms with Gasteiger partial charge in [-0.25, -0.2) is 17.2 Å². The first-order chi connectivity index (χ1) is 19.5. The van der Waals surface area contributed by atoms with Crippen LogP contribution in [0.1, 0.15) is 44.2 Å². The van der Waals surface area contributed by atoms with Crippen molar-refractivity contribution in [1.29, 1.82) is 0 Å². The summed E-state index contributed by atoms with van der Waals surface area (Å²) in [7, 11) is -3.85. The summed E-state index contributed by atoms with van der Waals surface area (Å²) >= 11 is 0. The van der Waals surface area contributed by atoms with Gasteiger partial charge in [-0.1, -0.05) is 67.6 Å². The van der Waals surface area contributed by atoms with Gasteiger partial charge >= 0.3 is 0 Å². The smallest absolute Gasteiger partial charge is 0.243 e. The molecule has 0 aliphatic rings. The van der Waals surface area contributed by atoms with E-state index in [1.165, 1.54) is 6.07 Å². The summed E-state index contributed by atoms with van der Waals surface area (Å²) in [6.45, 7) is 3.92. The fourth-order valence-electron chi connectivity index (χ4n) is 4.42. The molecular formula is C31H37F2N3O4S. The standard InChI is InChI=1S/C31H37F2N3O4S/c1-4-23(2)34-31(38)29(20-24-12-7-5-8-13-24)35(22-25-14-9-6-10-15-25)30(37)16-11-19-36(41(3,39)40)26-17-18-27(32)28(33)21-26/h5-10,12-15,17-18,21,23,29H,4,11,16,19-20,22H2,1-3H3,(H,34,38)/t23-,29+/m1/s1. The molecule has 1 N–H and O–H groups in total. The van der Waals surface area contributed by atoms with Gasteiger partial charge < -0.3 is 10.2 Å². The number of carbonyl (C=O) groups is 2. The maximum Gasteiger partial charge on any atom is 0.243 e. The highest BCUT2D eigenvalue weighted by Gasteiger charge is 2.31. The molecule has 2 atom stereocenters. The average Bonchev–Trinajstić information content (AvgIpc) is 2.94. The number of amides is 2. The molecule has 0 aliphatic carbocycles. The van der Waals surface area contributed by atoms with Gasteiger partial charge in [0.25, 0.3) is 0 Å². The van der Waals surface area contributed by atoms with Crippen LogP contribution in [0, 0.1) is 11.6 Å². The molecule has 0 aliphatic heterocycles. The normalized spacial score (nSPS) is 12.8. The topological polar surface area (TPSA) is 86.8 Å². The molecule has 0 saturated heterocycles. The minimum Gasteiger partial charge on any atom is -0.352 e. The third-order valence-corrected chi connectivity index (χ3v) is 8.01. The van der Waals surface area contributed by atoms with E-state index in [0.717, 1.165) is 40.2 Å². The van der Waals surface area contributed by atoms with Crippen LogP contribution in [-0.4, -0.2) is 50.0 Å². The van der Waals surface area contributed by atoms with Crippen LogP contribution in [0.5, 0.6) is 0 Å². The van der Waals surface area contributed by atoms with Crippen molar-refractivity contribution in [2.45, 2.75) is 58.2 Å². The second-order valence-electron chi connectivity index (χ2n) is 10.1. The van der Waals surface area contributed by atoms with Gasteiger partial charge in [0.1, 0.15) is 6.04 Å². The van der Waals surface area contributed by atoms with Crippen LogP contribution < -0.4 is 9.62 Å². The van der Waals surface area contributed by atoms with Crippen LogP contribution in [0.25, 0.3) is 0 Å². The number of anilines is 1. The minimum atomic E-state index is -3.85. The van der Waals surface area contributed by atoms with Crippen molar-refractivity contribution in [2.75, 3.05) is 17.1 Å². The molecule has 10 heteroatoms. The van der Waals surface area contributed by atoms with E-state index < -0.39 is 27.7 Å². The van der Waals surface area contributed by atoms with Crippen molar-refractivity contribution < 1.29 is 26.8 Å². The zero-order valence-electron chi connectivity index (χ0n) is 23.6. The lowest BCUT2D eigenvalue weighted by Gasteiger charge is -2.32. The molecule has 0 fully saturated rings. The third kappa shape index (κ3) is 9.38. The second kappa shape index (κ2) is 14.7. The number of carbonyl (C=O) groups excluding carboxylic acids is 2. The lowest BCUT2D eigenvalue weighted by molar-refractivity contribution is -0.141. The van der Waals surface area contributed by atoms with Crippen LogP contribution in [0.3, 0.4) is 0 Å². The van der Waals surface area contributed by atoms with Gasteiger partial charge in [0.05, 0.1) is 11.9 Å². The highest BCUT2D eigenvalue weighted by atomic mass is 32.2. The number of rotatable bonds is 14. The summed E-state index contributed by atoms with van der Waals surface area (Å²) < 4.78 is 53.2. The SMILES string of the molecule is CC[C@@H](C)NC(=O)[C@H](Cc1ccccc1)N(Cc1ccccc1)C(=O)CCCN(c1ccc(F)c(F)c1)S(C)(=O)=O. The fraction of sp³-hybridized carbons (Fsp3) is 0.355. The van der Waals surface area contributed by atoms with E-state index in [0.29, 0.717) is 6.42 Å². The summed E-state index contributed by atoms with van der Waals surface area (Å²) in [4.78, 5) is 28.9. The fourth-order valence-corrected chi connectivity index (χ4v) is 5.38. The van der Waals surface area contributed by atoms with Gasteiger partial charge in [-0.3, -0.25) is 13.9 Å². The molecule has 7 nitrogen and oxygen atoms in total. The van der Waals surface area contributed by atoms with E-state index in [1.54, 1.807) is 4.90 Å². The van der Waals surface area contributed by atoms with Gasteiger partial charge in [-0.2, -0.15) is 0 Å². The molecular weight excluding hydrogens is 548 g/mol. The van der Waals surface area contributed by atoms with Crippen LogP contribution >= 0.6 is 0 Å². The van der Waals surface area contributed by atoms with Crippen molar-refractivity contribution in [3.05, 3.63) is 102 Å². The number of halogens is 2. The molecule has 0 heterocycles. The Morgan fingerprint density at radius 1 is 0.902 bits per heavy atom. The van der Waals surface area contributed by atoms with Gasteiger partial charge in [-0.05, 0) is 43.0 Å². The van der Waals surface area contributed by atoms with Gasteiger partial charge in [-0.15, -0.1) is 0 Å². The predicted molar refractivity (Wildman–Crippen MR) is 157 cm³/mol. The van der Waals surface area contributed by atoms with E-state index in [9.17, 15) is 26.8 Å². The van der Waals surface area contributed by atoms with E-state index in [2.05, 4.69) is 5.32 Å². The molecule has 3 rings (SSSR count). The predicted octanol–water partition coefficient (Wildman–Crippen LogP) is 5.07. The van der Waals surface area contributed by atoms with Crippen molar-refractivity contribution in [1.82, 2.24) is 10.2 Å². The lowest BCUT2D eigenvalue weighted by atomic mass is 10.0. The molecule has 3 aromatic carbocycles. The third-order valence-electron chi connectivity index (χ3n) is 6.81. The van der Waals surface area contributed by atoms with E-state index in [-0.39, 0.29) is 49.5 Å². The monoisotopic (exact) mass is 585 g/mol. The number of benzene rings is 3. The second-order valence-corrected chi connectivity index (χ2v) is 12.0. The molecule has 2 amide bonds.